The van der Waals surface area contributed by atoms with Gasteiger partial charge in [-0.15, -0.1) is 0 Å². The quantitative estimate of drug-likeness (QED) is 0.251. The molecule has 1 aliphatic rings. The van der Waals surface area contributed by atoms with Gasteiger partial charge in [-0.1, -0.05) is 30.3 Å². The van der Waals surface area contributed by atoms with Crippen LogP contribution in [0.25, 0.3) is 5.76 Å². The molecule has 1 atom stereocenters. The van der Waals surface area contributed by atoms with E-state index >= 15 is 0 Å². The highest BCUT2D eigenvalue weighted by Gasteiger charge is 2.46. The molecule has 3 rings (SSSR count). The van der Waals surface area contributed by atoms with Crippen LogP contribution in [0.15, 0.2) is 60.2 Å². The van der Waals surface area contributed by atoms with Gasteiger partial charge < -0.3 is 14.9 Å². The third-order valence-corrected chi connectivity index (χ3v) is 4.86. The molecule has 0 aliphatic carbocycles. The molecule has 8 nitrogen and oxygen atoms in total. The SMILES string of the molecule is C[NH+](C)CCN1C(=O)C(=O)C(=C(O)c2ccccc2)[C@H]1c1ccc([N+](=O)[O-])cc1. The molecule has 1 saturated heterocycles. The van der Waals surface area contributed by atoms with Crippen molar-refractivity contribution in [2.45, 2.75) is 6.04 Å². The molecule has 8 heteroatoms. The molecule has 0 bridgehead atoms. The van der Waals surface area contributed by atoms with Gasteiger partial charge in [0.1, 0.15) is 5.76 Å². The van der Waals surface area contributed by atoms with E-state index in [0.717, 1.165) is 4.90 Å². The summed E-state index contributed by atoms with van der Waals surface area (Å²) >= 11 is 0. The number of carbonyl (C=O) groups is 2. The molecule has 2 aromatic rings. The van der Waals surface area contributed by atoms with Crippen molar-refractivity contribution in [3.63, 3.8) is 0 Å². The fraction of sp³-hybridized carbons (Fsp3) is 0.238. The molecule has 1 aliphatic heterocycles. The number of amides is 1. The van der Waals surface area contributed by atoms with Crippen molar-refractivity contribution in [3.05, 3.63) is 81.4 Å². The highest BCUT2D eigenvalue weighted by molar-refractivity contribution is 6.46. The highest BCUT2D eigenvalue weighted by atomic mass is 16.6. The monoisotopic (exact) mass is 396 g/mol. The Morgan fingerprint density at radius 3 is 2.28 bits per heavy atom. The summed E-state index contributed by atoms with van der Waals surface area (Å²) in [5.41, 5.74) is 0.854. The predicted octanol–water partition coefficient (Wildman–Crippen LogP) is 1.16. The van der Waals surface area contributed by atoms with Crippen LogP contribution in [-0.4, -0.2) is 53.8 Å². The van der Waals surface area contributed by atoms with Crippen LogP contribution in [0.3, 0.4) is 0 Å². The van der Waals surface area contributed by atoms with Gasteiger partial charge in [-0.25, -0.2) is 0 Å². The average molecular weight is 396 g/mol. The number of ketones is 1. The van der Waals surface area contributed by atoms with Gasteiger partial charge in [0, 0.05) is 17.7 Å². The van der Waals surface area contributed by atoms with E-state index in [4.69, 9.17) is 0 Å². The maximum absolute atomic E-state index is 12.8. The normalized spacial score (nSPS) is 18.4. The van der Waals surface area contributed by atoms with Gasteiger partial charge in [0.15, 0.2) is 0 Å². The van der Waals surface area contributed by atoms with Crippen LogP contribution in [-0.2, 0) is 9.59 Å². The lowest BCUT2D eigenvalue weighted by molar-refractivity contribution is -0.857. The van der Waals surface area contributed by atoms with Crippen molar-refractivity contribution in [3.8, 4) is 0 Å². The molecule has 0 spiro atoms. The van der Waals surface area contributed by atoms with Crippen LogP contribution >= 0.6 is 0 Å². The van der Waals surface area contributed by atoms with Crippen molar-refractivity contribution in [2.75, 3.05) is 27.2 Å². The number of benzene rings is 2. The summed E-state index contributed by atoms with van der Waals surface area (Å²) < 4.78 is 0. The van der Waals surface area contributed by atoms with E-state index < -0.39 is 22.7 Å². The first kappa shape index (κ1) is 20.2. The number of nitrogens with one attached hydrogen (secondary N) is 1. The van der Waals surface area contributed by atoms with E-state index in [1.807, 2.05) is 14.1 Å². The first-order valence-electron chi connectivity index (χ1n) is 9.18. The number of aliphatic hydroxyl groups excluding tert-OH is 1. The summed E-state index contributed by atoms with van der Waals surface area (Å²) in [4.78, 5) is 38.5. The second-order valence-electron chi connectivity index (χ2n) is 7.16. The average Bonchev–Trinajstić information content (AvgIpc) is 2.97. The molecule has 0 aromatic heterocycles. The van der Waals surface area contributed by atoms with Crippen molar-refractivity contribution in [1.29, 1.82) is 0 Å². The smallest absolute Gasteiger partial charge is 0.295 e. The summed E-state index contributed by atoms with van der Waals surface area (Å²) in [6.07, 6.45) is 0. The number of rotatable bonds is 6. The Balaban J connectivity index is 2.13. The number of likely N-dealkylation sites (N-methyl/N-ethyl adjacent to an activating group) is 1. The van der Waals surface area contributed by atoms with Gasteiger partial charge in [0.25, 0.3) is 17.4 Å². The first-order valence-corrected chi connectivity index (χ1v) is 9.18. The Labute approximate surface area is 167 Å². The lowest BCUT2D eigenvalue weighted by Gasteiger charge is -2.25. The van der Waals surface area contributed by atoms with Gasteiger partial charge in [0.2, 0.25) is 0 Å². The highest BCUT2D eigenvalue weighted by Crippen LogP contribution is 2.39. The number of carbonyl (C=O) groups excluding carboxylic acids is 2. The van der Waals surface area contributed by atoms with Gasteiger partial charge in [-0.05, 0) is 17.7 Å². The zero-order chi connectivity index (χ0) is 21.1. The number of hydrogen-bond donors (Lipinski definition) is 2. The molecule has 2 N–H and O–H groups in total. The van der Waals surface area contributed by atoms with Crippen molar-refractivity contribution < 1.29 is 24.5 Å². The molecule has 2 aromatic carbocycles. The lowest BCUT2D eigenvalue weighted by Crippen LogP contribution is -3.06. The number of quaternary nitrogens is 1. The Hall–Kier alpha value is -3.52. The van der Waals surface area contributed by atoms with E-state index in [1.165, 1.54) is 29.2 Å². The van der Waals surface area contributed by atoms with Crippen molar-refractivity contribution in [2.24, 2.45) is 0 Å². The Bertz CT molecular complexity index is 968. The fourth-order valence-corrected chi connectivity index (χ4v) is 3.33. The van der Waals surface area contributed by atoms with Crippen LogP contribution in [0.1, 0.15) is 17.2 Å². The zero-order valence-electron chi connectivity index (χ0n) is 16.2. The van der Waals surface area contributed by atoms with Gasteiger partial charge >= 0.3 is 0 Å². The predicted molar refractivity (Wildman–Crippen MR) is 106 cm³/mol. The Morgan fingerprint density at radius 1 is 1.10 bits per heavy atom. The maximum Gasteiger partial charge on any atom is 0.295 e. The second-order valence-corrected chi connectivity index (χ2v) is 7.16. The summed E-state index contributed by atoms with van der Waals surface area (Å²) in [6.45, 7) is 0.905. The lowest BCUT2D eigenvalue weighted by atomic mass is 9.95. The number of nitro groups is 1. The fourth-order valence-electron chi connectivity index (χ4n) is 3.33. The summed E-state index contributed by atoms with van der Waals surface area (Å²) in [6, 6.07) is 13.4. The molecular formula is C21H22N3O5+. The minimum atomic E-state index is -0.810. The third-order valence-electron chi connectivity index (χ3n) is 4.86. The number of nitro benzene ring substituents is 1. The number of aliphatic hydroxyl groups is 1. The Kier molecular flexibility index (Phi) is 5.74. The molecular weight excluding hydrogens is 374 g/mol. The molecule has 1 fully saturated rings. The minimum Gasteiger partial charge on any atom is -0.507 e. The molecule has 29 heavy (non-hydrogen) atoms. The van der Waals surface area contributed by atoms with Crippen LogP contribution in [0, 0.1) is 10.1 Å². The second kappa shape index (κ2) is 8.24. The topological polar surface area (TPSA) is 105 Å². The molecule has 0 saturated carbocycles. The Morgan fingerprint density at radius 2 is 1.72 bits per heavy atom. The van der Waals surface area contributed by atoms with E-state index in [1.54, 1.807) is 30.3 Å². The number of nitrogens with zero attached hydrogens (tertiary/aromatic N) is 2. The zero-order valence-corrected chi connectivity index (χ0v) is 16.2. The molecule has 1 heterocycles. The molecule has 150 valence electrons. The number of non-ortho nitro benzene ring substituents is 1. The minimum absolute atomic E-state index is 0.0104. The summed E-state index contributed by atoms with van der Waals surface area (Å²) in [5, 5.41) is 21.8. The van der Waals surface area contributed by atoms with Crippen LogP contribution < -0.4 is 4.90 Å². The number of Topliss-reactive ketones (excluding diaryl/α,β-unsaturated/α-hetero) is 1. The van der Waals surface area contributed by atoms with Crippen molar-refractivity contribution >= 4 is 23.1 Å². The standard InChI is InChI=1S/C21H21N3O5/c1-22(2)12-13-23-18(14-8-10-16(11-9-14)24(28)29)17(20(26)21(23)27)19(25)15-6-4-3-5-7-15/h3-11,18,25H,12-13H2,1-2H3/p+1/t18-/m1/s1. The molecule has 0 unspecified atom stereocenters. The summed E-state index contributed by atoms with van der Waals surface area (Å²) in [7, 11) is 3.86. The van der Waals surface area contributed by atoms with Gasteiger partial charge in [-0.3, -0.25) is 19.7 Å². The van der Waals surface area contributed by atoms with Crippen LogP contribution in [0.5, 0.6) is 0 Å². The van der Waals surface area contributed by atoms with E-state index in [-0.39, 0.29) is 17.0 Å². The van der Waals surface area contributed by atoms with Crippen molar-refractivity contribution in [1.82, 2.24) is 4.90 Å². The molecule has 0 radical (unpaired) electrons. The van der Waals surface area contributed by atoms with E-state index in [2.05, 4.69) is 0 Å². The van der Waals surface area contributed by atoms with Gasteiger partial charge in [0.05, 0.1) is 43.7 Å². The van der Waals surface area contributed by atoms with Crippen LogP contribution in [0.4, 0.5) is 5.69 Å². The number of hydrogen-bond acceptors (Lipinski definition) is 5. The third kappa shape index (κ3) is 4.02. The van der Waals surface area contributed by atoms with Crippen LogP contribution in [0.2, 0.25) is 0 Å². The van der Waals surface area contributed by atoms with Gasteiger partial charge in [-0.2, -0.15) is 0 Å². The maximum atomic E-state index is 12.8. The largest absolute Gasteiger partial charge is 0.507 e. The first-order chi connectivity index (χ1) is 13.8. The van der Waals surface area contributed by atoms with E-state index in [0.29, 0.717) is 24.2 Å². The van der Waals surface area contributed by atoms with E-state index in [9.17, 15) is 24.8 Å². The molecule has 1 amide bonds. The summed E-state index contributed by atoms with van der Waals surface area (Å²) in [5.74, 6) is -1.71. The number of likely N-dealkylation sites (tertiary alicyclic amines) is 1.